The summed E-state index contributed by atoms with van der Waals surface area (Å²) in [5.41, 5.74) is 12.0. The van der Waals surface area contributed by atoms with E-state index in [4.69, 9.17) is 10.5 Å². The summed E-state index contributed by atoms with van der Waals surface area (Å²) in [6.45, 7) is 9.51. The minimum atomic E-state index is -1.45. The zero-order chi connectivity index (χ0) is 19.1. The number of nitrogens with two attached hydrogens (primary N) is 1. The van der Waals surface area contributed by atoms with Crippen LogP contribution in [0.5, 0.6) is 5.75 Å². The fourth-order valence-corrected chi connectivity index (χ4v) is 6.90. The van der Waals surface area contributed by atoms with E-state index in [2.05, 4.69) is 44.8 Å². The van der Waals surface area contributed by atoms with E-state index in [9.17, 15) is 5.11 Å². The summed E-state index contributed by atoms with van der Waals surface area (Å²) in [4.78, 5) is 0. The van der Waals surface area contributed by atoms with Crippen LogP contribution in [0.3, 0.4) is 0 Å². The molecule has 3 nitrogen and oxygen atoms in total. The Morgan fingerprint density at radius 1 is 1.27 bits per heavy atom. The van der Waals surface area contributed by atoms with Gasteiger partial charge < -0.3 is 15.6 Å². The zero-order valence-electron chi connectivity index (χ0n) is 16.9. The van der Waals surface area contributed by atoms with Crippen LogP contribution in [0.2, 0.25) is 19.6 Å². The first-order valence-electron chi connectivity index (χ1n) is 9.67. The Morgan fingerprint density at radius 2 is 2.00 bits per heavy atom. The molecule has 3 N–H and O–H groups in total. The Balaban J connectivity index is 1.95. The molecule has 1 aromatic rings. The number of hydrogen-bond donors (Lipinski definition) is 2. The standard InChI is InChI=1S/C22H33NO2Si/c1-15-19(10-9-16-7-6-8-18(11-16)25-2)20-12-17(24)13-22(20,23)14-21(15)26(3,4)5/h6-8,11,17,24H,9-10,12-14,23H2,1-5H3/t17-,22-/m0/s1. The molecule has 2 aliphatic rings. The summed E-state index contributed by atoms with van der Waals surface area (Å²) in [5.74, 6) is 0.906. The summed E-state index contributed by atoms with van der Waals surface area (Å²) in [6.07, 6.45) is 4.03. The Labute approximate surface area is 159 Å². The average Bonchev–Trinajstić information content (AvgIpc) is 2.87. The number of benzene rings is 1. The van der Waals surface area contributed by atoms with Crippen LogP contribution in [-0.2, 0) is 6.42 Å². The molecule has 2 aliphatic carbocycles. The van der Waals surface area contributed by atoms with Crippen LogP contribution in [0, 0.1) is 0 Å². The zero-order valence-corrected chi connectivity index (χ0v) is 17.9. The lowest BCUT2D eigenvalue weighted by atomic mass is 9.78. The molecule has 0 amide bonds. The molecule has 2 atom stereocenters. The highest BCUT2D eigenvalue weighted by Gasteiger charge is 2.46. The number of ether oxygens (including phenoxy) is 1. The largest absolute Gasteiger partial charge is 0.497 e. The smallest absolute Gasteiger partial charge is 0.119 e. The number of aryl methyl sites for hydroxylation is 1. The quantitative estimate of drug-likeness (QED) is 0.756. The minimum Gasteiger partial charge on any atom is -0.497 e. The van der Waals surface area contributed by atoms with Crippen molar-refractivity contribution in [1.29, 1.82) is 0 Å². The number of allylic oxidation sites excluding steroid dienone is 2. The van der Waals surface area contributed by atoms with E-state index in [0.717, 1.165) is 31.4 Å². The van der Waals surface area contributed by atoms with E-state index in [-0.39, 0.29) is 11.6 Å². The number of aliphatic hydroxyl groups is 1. The minimum absolute atomic E-state index is 0.296. The van der Waals surface area contributed by atoms with Gasteiger partial charge in [-0.1, -0.05) is 42.5 Å². The maximum absolute atomic E-state index is 10.3. The van der Waals surface area contributed by atoms with Gasteiger partial charge in [-0.05, 0) is 67.9 Å². The van der Waals surface area contributed by atoms with E-state index < -0.39 is 8.07 Å². The second kappa shape index (κ2) is 6.99. The second-order valence-electron chi connectivity index (χ2n) is 9.06. The van der Waals surface area contributed by atoms with Crippen LogP contribution in [0.4, 0.5) is 0 Å². The predicted octanol–water partition coefficient (Wildman–Crippen LogP) is 4.37. The normalized spacial score (nSPS) is 26.3. The number of aliphatic hydroxyl groups excluding tert-OH is 1. The number of methoxy groups -OCH3 is 1. The molecular weight excluding hydrogens is 338 g/mol. The highest BCUT2D eigenvalue weighted by atomic mass is 28.3. The van der Waals surface area contributed by atoms with Crippen LogP contribution in [-0.4, -0.2) is 31.9 Å². The first-order chi connectivity index (χ1) is 12.1. The molecule has 1 fully saturated rings. The maximum atomic E-state index is 10.3. The van der Waals surface area contributed by atoms with Crippen molar-refractivity contribution >= 4 is 8.07 Å². The van der Waals surface area contributed by atoms with Crippen molar-refractivity contribution in [3.05, 3.63) is 51.7 Å². The van der Waals surface area contributed by atoms with Crippen molar-refractivity contribution in [3.8, 4) is 5.75 Å². The van der Waals surface area contributed by atoms with Crippen molar-refractivity contribution in [3.63, 3.8) is 0 Å². The van der Waals surface area contributed by atoms with E-state index in [0.29, 0.717) is 6.42 Å². The number of fused-ring (bicyclic) bond motifs is 1. The topological polar surface area (TPSA) is 55.5 Å². The lowest BCUT2D eigenvalue weighted by Gasteiger charge is -2.39. The summed E-state index contributed by atoms with van der Waals surface area (Å²) in [6, 6.07) is 8.31. The molecule has 3 rings (SSSR count). The summed E-state index contributed by atoms with van der Waals surface area (Å²) in [7, 11) is 0.260. The Morgan fingerprint density at radius 3 is 2.65 bits per heavy atom. The van der Waals surface area contributed by atoms with Gasteiger partial charge in [0.05, 0.1) is 21.3 Å². The van der Waals surface area contributed by atoms with Crippen molar-refractivity contribution in [2.75, 3.05) is 7.11 Å². The predicted molar refractivity (Wildman–Crippen MR) is 111 cm³/mol. The molecule has 0 aromatic heterocycles. The van der Waals surface area contributed by atoms with E-state index in [1.165, 1.54) is 22.3 Å². The van der Waals surface area contributed by atoms with Crippen LogP contribution >= 0.6 is 0 Å². The highest BCUT2D eigenvalue weighted by Crippen LogP contribution is 2.48. The molecule has 0 bridgehead atoms. The highest BCUT2D eigenvalue weighted by molar-refractivity contribution is 6.83. The average molecular weight is 372 g/mol. The van der Waals surface area contributed by atoms with Gasteiger partial charge in [0, 0.05) is 5.54 Å². The van der Waals surface area contributed by atoms with Gasteiger partial charge in [-0.25, -0.2) is 0 Å². The van der Waals surface area contributed by atoms with E-state index in [1.54, 1.807) is 12.3 Å². The Bertz CT molecular complexity index is 760. The van der Waals surface area contributed by atoms with E-state index in [1.807, 2.05) is 6.07 Å². The van der Waals surface area contributed by atoms with Gasteiger partial charge in [-0.3, -0.25) is 0 Å². The number of rotatable bonds is 5. The molecule has 0 spiro atoms. The van der Waals surface area contributed by atoms with Gasteiger partial charge in [-0.15, -0.1) is 0 Å². The van der Waals surface area contributed by atoms with Gasteiger partial charge in [0.15, 0.2) is 0 Å². The third-order valence-electron chi connectivity index (χ3n) is 6.11. The van der Waals surface area contributed by atoms with Crippen molar-refractivity contribution in [1.82, 2.24) is 0 Å². The molecule has 0 heterocycles. The maximum Gasteiger partial charge on any atom is 0.119 e. The Kier molecular flexibility index (Phi) is 5.21. The monoisotopic (exact) mass is 371 g/mol. The second-order valence-corrected chi connectivity index (χ2v) is 14.2. The lowest BCUT2D eigenvalue weighted by Crippen LogP contribution is -2.45. The molecule has 26 heavy (non-hydrogen) atoms. The van der Waals surface area contributed by atoms with Gasteiger partial charge in [-0.2, -0.15) is 0 Å². The molecule has 0 aliphatic heterocycles. The van der Waals surface area contributed by atoms with Crippen LogP contribution in [0.1, 0.15) is 38.2 Å². The summed E-state index contributed by atoms with van der Waals surface area (Å²) >= 11 is 0. The van der Waals surface area contributed by atoms with Gasteiger partial charge >= 0.3 is 0 Å². The van der Waals surface area contributed by atoms with Crippen molar-refractivity contribution in [2.45, 2.75) is 70.3 Å². The molecule has 0 radical (unpaired) electrons. The van der Waals surface area contributed by atoms with Crippen molar-refractivity contribution < 1.29 is 9.84 Å². The SMILES string of the molecule is COc1cccc(CCC2=C3C[C@H](O)C[C@]3(N)CC([Si](C)(C)C)=C2C)c1. The summed E-state index contributed by atoms with van der Waals surface area (Å²) < 4.78 is 5.36. The van der Waals surface area contributed by atoms with Crippen LogP contribution < -0.4 is 10.5 Å². The fraction of sp³-hybridized carbons (Fsp3) is 0.545. The summed E-state index contributed by atoms with van der Waals surface area (Å²) in [5, 5.41) is 11.9. The Hall–Kier alpha value is -1.36. The molecule has 0 saturated heterocycles. The van der Waals surface area contributed by atoms with Crippen LogP contribution in [0.25, 0.3) is 0 Å². The molecule has 1 aromatic carbocycles. The molecule has 0 unspecified atom stereocenters. The molecule has 1 saturated carbocycles. The van der Waals surface area contributed by atoms with Gasteiger partial charge in [0.2, 0.25) is 0 Å². The fourth-order valence-electron chi connectivity index (χ4n) is 4.78. The lowest BCUT2D eigenvalue weighted by molar-refractivity contribution is 0.174. The van der Waals surface area contributed by atoms with Crippen LogP contribution in [0.15, 0.2) is 46.2 Å². The first kappa shape index (κ1) is 19.4. The molecular formula is C22H33NO2Si. The molecule has 4 heteroatoms. The van der Waals surface area contributed by atoms with Gasteiger partial charge in [0.25, 0.3) is 0 Å². The van der Waals surface area contributed by atoms with Gasteiger partial charge in [0.1, 0.15) is 5.75 Å². The molecule has 142 valence electrons. The van der Waals surface area contributed by atoms with E-state index >= 15 is 0 Å². The third-order valence-corrected chi connectivity index (χ3v) is 8.47. The third kappa shape index (κ3) is 3.68. The van der Waals surface area contributed by atoms with Crippen molar-refractivity contribution in [2.24, 2.45) is 5.73 Å². The first-order valence-corrected chi connectivity index (χ1v) is 13.2. The number of hydrogen-bond acceptors (Lipinski definition) is 3.